The van der Waals surface area contributed by atoms with Crippen LogP contribution >= 0.6 is 22.9 Å². The van der Waals surface area contributed by atoms with Crippen molar-refractivity contribution in [1.82, 2.24) is 4.98 Å². The number of rotatable bonds is 6. The number of benzene rings is 3. The second-order valence-electron chi connectivity index (χ2n) is 8.64. The number of aromatic nitrogens is 1. The molecule has 6 nitrogen and oxygen atoms in total. The van der Waals surface area contributed by atoms with Crippen molar-refractivity contribution in [2.75, 3.05) is 12.0 Å². The summed E-state index contributed by atoms with van der Waals surface area (Å²) < 4.78 is 5.59. The normalized spacial score (nSPS) is 15.4. The van der Waals surface area contributed by atoms with Gasteiger partial charge in [-0.25, -0.2) is 4.98 Å². The molecule has 4 aromatic rings. The van der Waals surface area contributed by atoms with Gasteiger partial charge in [-0.3, -0.25) is 14.5 Å². The molecule has 0 radical (unpaired) electrons. The summed E-state index contributed by atoms with van der Waals surface area (Å²) in [4.78, 5) is 33.9. The monoisotopic (exact) mass is 530 g/mol. The van der Waals surface area contributed by atoms with Gasteiger partial charge in [0.2, 0.25) is 5.78 Å². The van der Waals surface area contributed by atoms with E-state index in [0.29, 0.717) is 37.6 Å². The smallest absolute Gasteiger partial charge is 0.294 e. The summed E-state index contributed by atoms with van der Waals surface area (Å²) in [6.45, 7) is 3.61. The van der Waals surface area contributed by atoms with Crippen LogP contribution in [0.5, 0.6) is 5.75 Å². The molecule has 1 aliphatic rings. The number of thiazole rings is 1. The Bertz CT molecular complexity index is 1560. The summed E-state index contributed by atoms with van der Waals surface area (Å²) in [7, 11) is 1.52. The van der Waals surface area contributed by atoms with E-state index in [4.69, 9.17) is 16.3 Å². The van der Waals surface area contributed by atoms with E-state index in [0.717, 1.165) is 11.1 Å². The molecule has 0 fully saturated rings. The predicted molar refractivity (Wildman–Crippen MR) is 146 cm³/mol. The molecule has 0 saturated carbocycles. The lowest BCUT2D eigenvalue weighted by Gasteiger charge is -2.28. The second kappa shape index (κ2) is 9.84. The summed E-state index contributed by atoms with van der Waals surface area (Å²) >= 11 is 7.62. The molecule has 1 unspecified atom stereocenters. The van der Waals surface area contributed by atoms with Crippen molar-refractivity contribution in [2.24, 2.45) is 0 Å². The number of nitrogens with zero attached hydrogens (tertiary/aromatic N) is 2. The minimum atomic E-state index is -0.934. The fourth-order valence-corrected chi connectivity index (χ4v) is 5.66. The van der Waals surface area contributed by atoms with Gasteiger partial charge in [0.15, 0.2) is 5.76 Å². The van der Waals surface area contributed by atoms with E-state index < -0.39 is 23.5 Å². The lowest BCUT2D eigenvalue weighted by molar-refractivity contribution is -0.117. The number of hydrogen-bond donors (Lipinski definition) is 1. The van der Waals surface area contributed by atoms with Crippen molar-refractivity contribution in [3.63, 3.8) is 0 Å². The number of amides is 1. The zero-order valence-corrected chi connectivity index (χ0v) is 21.9. The van der Waals surface area contributed by atoms with Gasteiger partial charge in [-0.15, -0.1) is 11.3 Å². The van der Waals surface area contributed by atoms with E-state index in [1.165, 1.54) is 23.3 Å². The highest BCUT2D eigenvalue weighted by Gasteiger charge is 2.46. The van der Waals surface area contributed by atoms with Crippen molar-refractivity contribution in [3.8, 4) is 16.3 Å². The topological polar surface area (TPSA) is 79.7 Å². The molecule has 5 rings (SSSR count). The maximum atomic E-state index is 14.1. The predicted octanol–water partition coefficient (Wildman–Crippen LogP) is 6.87. The first kappa shape index (κ1) is 24.7. The van der Waals surface area contributed by atoms with Crippen LogP contribution in [0.15, 0.2) is 84.1 Å². The Hall–Kier alpha value is -3.94. The van der Waals surface area contributed by atoms with Crippen LogP contribution in [0.2, 0.25) is 5.02 Å². The van der Waals surface area contributed by atoms with Gasteiger partial charge in [-0.1, -0.05) is 66.2 Å². The minimum Gasteiger partial charge on any atom is -0.503 e. The Kier molecular flexibility index (Phi) is 6.58. The molecule has 1 N–H and O–H groups in total. The molecule has 37 heavy (non-hydrogen) atoms. The molecule has 0 saturated heterocycles. The lowest BCUT2D eigenvalue weighted by atomic mass is 9.94. The van der Waals surface area contributed by atoms with Crippen LogP contribution < -0.4 is 9.64 Å². The third-order valence-electron chi connectivity index (χ3n) is 6.34. The van der Waals surface area contributed by atoms with Crippen LogP contribution in [0.1, 0.15) is 32.5 Å². The van der Waals surface area contributed by atoms with Gasteiger partial charge in [-0.05, 0) is 37.6 Å². The van der Waals surface area contributed by atoms with Gasteiger partial charge in [0.1, 0.15) is 10.8 Å². The maximum absolute atomic E-state index is 14.1. The average molecular weight is 531 g/mol. The van der Waals surface area contributed by atoms with Crippen LogP contribution in [-0.4, -0.2) is 28.9 Å². The van der Waals surface area contributed by atoms with Crippen LogP contribution in [0.3, 0.4) is 0 Å². The van der Waals surface area contributed by atoms with E-state index in [1.807, 2.05) is 37.3 Å². The van der Waals surface area contributed by atoms with Crippen molar-refractivity contribution < 1.29 is 19.4 Å². The van der Waals surface area contributed by atoms with Crippen LogP contribution in [0, 0.1) is 13.8 Å². The molecule has 1 amide bonds. The minimum absolute atomic E-state index is 0.0300. The number of aliphatic hydroxyl groups is 1. The van der Waals surface area contributed by atoms with Crippen molar-refractivity contribution in [3.05, 3.63) is 111 Å². The molecule has 1 atom stereocenters. The zero-order chi connectivity index (χ0) is 26.3. The highest BCUT2D eigenvalue weighted by atomic mass is 35.5. The van der Waals surface area contributed by atoms with E-state index >= 15 is 0 Å². The fourth-order valence-electron chi connectivity index (χ4n) is 4.46. The average Bonchev–Trinajstić information content (AvgIpc) is 3.43. The molecule has 0 aliphatic carbocycles. The summed E-state index contributed by atoms with van der Waals surface area (Å²) in [5.74, 6) is -1.27. The van der Waals surface area contributed by atoms with Crippen molar-refractivity contribution in [1.29, 1.82) is 0 Å². The largest absolute Gasteiger partial charge is 0.503 e. The van der Waals surface area contributed by atoms with Crippen LogP contribution in [0.4, 0.5) is 5.69 Å². The number of halogens is 1. The van der Waals surface area contributed by atoms with Gasteiger partial charge in [0.25, 0.3) is 5.91 Å². The quantitative estimate of drug-likeness (QED) is 0.275. The molecule has 2 heterocycles. The third-order valence-corrected chi connectivity index (χ3v) is 7.96. The standard InChI is InChI=1S/C29H23ClN2O4S/c1-16-13-14-19(15-21(16)30)32-24(20-11-7-8-12-22(20)36-3)23(26(34)29(32)35)25(33)27-17(2)31-28(37-27)18-9-5-4-6-10-18/h4-15,24,34H,1-3H3. The number of hydrogen-bond acceptors (Lipinski definition) is 6. The summed E-state index contributed by atoms with van der Waals surface area (Å²) in [5, 5.41) is 12.3. The molecule has 0 bridgehead atoms. The van der Waals surface area contributed by atoms with Gasteiger partial charge in [0, 0.05) is 21.8 Å². The number of carbonyl (C=O) groups excluding carboxylic acids is 2. The number of aliphatic hydroxyl groups excluding tert-OH is 1. The van der Waals surface area contributed by atoms with Crippen molar-refractivity contribution >= 4 is 40.3 Å². The van der Waals surface area contributed by atoms with Gasteiger partial charge < -0.3 is 9.84 Å². The first-order chi connectivity index (χ1) is 17.8. The number of anilines is 1. The van der Waals surface area contributed by atoms with Crippen molar-refractivity contribution in [2.45, 2.75) is 19.9 Å². The Morgan fingerprint density at radius 2 is 1.76 bits per heavy atom. The maximum Gasteiger partial charge on any atom is 0.294 e. The highest BCUT2D eigenvalue weighted by molar-refractivity contribution is 7.17. The number of ether oxygens (including phenoxy) is 1. The molecule has 0 spiro atoms. The van der Waals surface area contributed by atoms with Crippen LogP contribution in [-0.2, 0) is 4.79 Å². The number of para-hydroxylation sites is 1. The Morgan fingerprint density at radius 3 is 2.46 bits per heavy atom. The fraction of sp³-hybridized carbons (Fsp3) is 0.138. The van der Waals surface area contributed by atoms with Gasteiger partial charge >= 0.3 is 0 Å². The number of Topliss-reactive ketones (excluding diaryl/α,β-unsaturated/α-hetero) is 1. The summed E-state index contributed by atoms with van der Waals surface area (Å²) in [5.41, 5.74) is 3.24. The molecular weight excluding hydrogens is 508 g/mol. The second-order valence-corrected chi connectivity index (χ2v) is 10.1. The SMILES string of the molecule is COc1ccccc1C1C(C(=O)c2sc(-c3ccccc3)nc2C)=C(O)C(=O)N1c1ccc(C)c(Cl)c1. The molecule has 1 aromatic heterocycles. The molecule has 3 aromatic carbocycles. The molecular formula is C29H23ClN2O4S. The van der Waals surface area contributed by atoms with Gasteiger partial charge in [0.05, 0.1) is 29.3 Å². The number of carbonyl (C=O) groups is 2. The zero-order valence-electron chi connectivity index (χ0n) is 20.4. The number of ketones is 1. The van der Waals surface area contributed by atoms with Gasteiger partial charge in [-0.2, -0.15) is 0 Å². The third kappa shape index (κ3) is 4.30. The highest BCUT2D eigenvalue weighted by Crippen LogP contribution is 2.46. The number of methoxy groups -OCH3 is 1. The van der Waals surface area contributed by atoms with E-state index in [9.17, 15) is 14.7 Å². The first-order valence-electron chi connectivity index (χ1n) is 11.5. The Labute approximate surface area is 223 Å². The summed E-state index contributed by atoms with van der Waals surface area (Å²) in [6.07, 6.45) is 0. The number of aryl methyl sites for hydroxylation is 2. The van der Waals surface area contributed by atoms with E-state index in [1.54, 1.807) is 49.4 Å². The van der Waals surface area contributed by atoms with E-state index in [2.05, 4.69) is 4.98 Å². The molecule has 8 heteroatoms. The van der Waals surface area contributed by atoms with E-state index in [-0.39, 0.29) is 5.57 Å². The molecule has 186 valence electrons. The Morgan fingerprint density at radius 1 is 1.05 bits per heavy atom. The first-order valence-corrected chi connectivity index (χ1v) is 12.7. The lowest BCUT2D eigenvalue weighted by Crippen LogP contribution is -2.31. The van der Waals surface area contributed by atoms with Crippen LogP contribution in [0.25, 0.3) is 10.6 Å². The summed E-state index contributed by atoms with van der Waals surface area (Å²) in [6, 6.07) is 20.9. The Balaban J connectivity index is 1.67. The molecule has 1 aliphatic heterocycles.